The van der Waals surface area contributed by atoms with Crippen molar-refractivity contribution in [3.63, 3.8) is 0 Å². The van der Waals surface area contributed by atoms with Crippen molar-refractivity contribution in [3.8, 4) is 0 Å². The summed E-state index contributed by atoms with van der Waals surface area (Å²) in [5.74, 6) is -2.66. The van der Waals surface area contributed by atoms with E-state index in [1.165, 1.54) is 13.8 Å². The minimum absolute atomic E-state index is 0.251. The van der Waals surface area contributed by atoms with Crippen molar-refractivity contribution in [2.45, 2.75) is 39.0 Å². The van der Waals surface area contributed by atoms with E-state index in [0.717, 1.165) is 0 Å². The summed E-state index contributed by atoms with van der Waals surface area (Å²) >= 11 is 0. The zero-order valence-electron chi connectivity index (χ0n) is 8.92. The van der Waals surface area contributed by atoms with Gasteiger partial charge >= 0.3 is 11.9 Å². The van der Waals surface area contributed by atoms with Crippen molar-refractivity contribution in [3.05, 3.63) is 0 Å². The second kappa shape index (κ2) is 2.95. The van der Waals surface area contributed by atoms with E-state index in [1.54, 1.807) is 13.8 Å². The van der Waals surface area contributed by atoms with Crippen LogP contribution in [0.25, 0.3) is 0 Å². The molecule has 0 aliphatic carbocycles. The molecule has 0 aromatic rings. The Morgan fingerprint density at radius 1 is 1.14 bits per heavy atom. The van der Waals surface area contributed by atoms with Crippen LogP contribution in [0, 0.1) is 5.92 Å². The number of carbonyl (C=O) groups is 2. The average Bonchev–Trinajstić information content (AvgIpc) is 1.97. The predicted molar refractivity (Wildman–Crippen MR) is 46.7 cm³/mol. The third-order valence-electron chi connectivity index (χ3n) is 2.39. The summed E-state index contributed by atoms with van der Waals surface area (Å²) in [6.07, 6.45) is 0. The number of quaternary nitrogens is 1. The standard InChI is InChI=1S/C9H15NO4/c1-5(2)9(10)6(11)13-8(3,4)14-7(9)12/h5H,10H2,1-4H3/p+1. The van der Waals surface area contributed by atoms with E-state index in [0.29, 0.717) is 0 Å². The van der Waals surface area contributed by atoms with Crippen LogP contribution in [0.1, 0.15) is 27.7 Å². The maximum Gasteiger partial charge on any atom is 0.383 e. The Kier molecular flexibility index (Phi) is 2.31. The van der Waals surface area contributed by atoms with Crippen molar-refractivity contribution in [1.29, 1.82) is 0 Å². The van der Waals surface area contributed by atoms with Gasteiger partial charge in [-0.15, -0.1) is 0 Å². The Labute approximate surface area is 82.5 Å². The molecular weight excluding hydrogens is 186 g/mol. The van der Waals surface area contributed by atoms with Crippen LogP contribution in [0.3, 0.4) is 0 Å². The summed E-state index contributed by atoms with van der Waals surface area (Å²) in [7, 11) is 0. The number of hydrogen-bond donors (Lipinski definition) is 1. The first kappa shape index (κ1) is 11.0. The molecule has 5 heteroatoms. The molecule has 1 saturated heterocycles. The van der Waals surface area contributed by atoms with Crippen LogP contribution in [0.4, 0.5) is 0 Å². The molecule has 0 aromatic carbocycles. The monoisotopic (exact) mass is 202 g/mol. The Balaban J connectivity index is 3.03. The fourth-order valence-corrected chi connectivity index (χ4v) is 1.20. The highest BCUT2D eigenvalue weighted by atomic mass is 16.7. The van der Waals surface area contributed by atoms with Crippen LogP contribution in [-0.2, 0) is 19.1 Å². The molecule has 0 aromatic heterocycles. The van der Waals surface area contributed by atoms with Gasteiger partial charge < -0.3 is 15.2 Å². The largest absolute Gasteiger partial charge is 0.418 e. The second-order valence-corrected chi connectivity index (χ2v) is 4.30. The molecule has 0 atom stereocenters. The first-order chi connectivity index (χ1) is 6.20. The summed E-state index contributed by atoms with van der Waals surface area (Å²) < 4.78 is 9.95. The molecule has 1 fully saturated rings. The van der Waals surface area contributed by atoms with Crippen LogP contribution in [-0.4, -0.2) is 23.3 Å². The molecule has 0 bridgehead atoms. The normalized spacial score (nSPS) is 24.4. The first-order valence-electron chi connectivity index (χ1n) is 4.52. The Hall–Kier alpha value is -1.10. The minimum Gasteiger partial charge on any atom is -0.418 e. The highest BCUT2D eigenvalue weighted by Gasteiger charge is 2.59. The van der Waals surface area contributed by atoms with E-state index in [-0.39, 0.29) is 5.92 Å². The third-order valence-corrected chi connectivity index (χ3v) is 2.39. The summed E-state index contributed by atoms with van der Waals surface area (Å²) in [6, 6.07) is 0. The van der Waals surface area contributed by atoms with Crippen molar-refractivity contribution >= 4 is 11.9 Å². The molecule has 0 amide bonds. The molecule has 0 saturated carbocycles. The van der Waals surface area contributed by atoms with Crippen LogP contribution >= 0.6 is 0 Å². The molecule has 14 heavy (non-hydrogen) atoms. The Morgan fingerprint density at radius 2 is 1.50 bits per heavy atom. The molecule has 0 unspecified atom stereocenters. The quantitative estimate of drug-likeness (QED) is 0.457. The van der Waals surface area contributed by atoms with Gasteiger partial charge in [-0.25, -0.2) is 9.59 Å². The van der Waals surface area contributed by atoms with Crippen molar-refractivity contribution in [1.82, 2.24) is 0 Å². The van der Waals surface area contributed by atoms with Gasteiger partial charge in [0.1, 0.15) is 0 Å². The lowest BCUT2D eigenvalue weighted by molar-refractivity contribution is -0.473. The maximum atomic E-state index is 11.6. The van der Waals surface area contributed by atoms with Gasteiger partial charge in [0, 0.05) is 19.8 Å². The van der Waals surface area contributed by atoms with Crippen molar-refractivity contribution in [2.24, 2.45) is 5.92 Å². The van der Waals surface area contributed by atoms with Crippen LogP contribution < -0.4 is 5.73 Å². The summed E-state index contributed by atoms with van der Waals surface area (Å²) in [6.45, 7) is 6.49. The van der Waals surface area contributed by atoms with E-state index in [9.17, 15) is 9.59 Å². The van der Waals surface area contributed by atoms with E-state index in [2.05, 4.69) is 5.73 Å². The van der Waals surface area contributed by atoms with Gasteiger partial charge in [0.15, 0.2) is 0 Å². The van der Waals surface area contributed by atoms with Gasteiger partial charge in [0.2, 0.25) is 0 Å². The minimum atomic E-state index is -1.42. The van der Waals surface area contributed by atoms with E-state index in [4.69, 9.17) is 9.47 Å². The lowest BCUT2D eigenvalue weighted by atomic mass is 9.86. The van der Waals surface area contributed by atoms with E-state index >= 15 is 0 Å². The van der Waals surface area contributed by atoms with Gasteiger partial charge in [-0.3, -0.25) is 0 Å². The molecule has 1 heterocycles. The van der Waals surface area contributed by atoms with Gasteiger partial charge in [-0.05, 0) is 0 Å². The smallest absolute Gasteiger partial charge is 0.383 e. The predicted octanol–water partition coefficient (Wildman–Crippen LogP) is -0.541. The van der Waals surface area contributed by atoms with Crippen LogP contribution in [0.15, 0.2) is 0 Å². The lowest BCUT2D eigenvalue weighted by Crippen LogP contribution is -2.86. The first-order valence-corrected chi connectivity index (χ1v) is 4.52. The lowest BCUT2D eigenvalue weighted by Gasteiger charge is -2.37. The third kappa shape index (κ3) is 1.48. The number of cyclic esters (lactones) is 2. The van der Waals surface area contributed by atoms with Crippen molar-refractivity contribution in [2.75, 3.05) is 0 Å². The van der Waals surface area contributed by atoms with Gasteiger partial charge in [0.25, 0.3) is 11.3 Å². The number of hydrogen-bond acceptors (Lipinski definition) is 4. The average molecular weight is 202 g/mol. The van der Waals surface area contributed by atoms with Crippen LogP contribution in [0.2, 0.25) is 0 Å². The molecule has 0 spiro atoms. The highest BCUT2D eigenvalue weighted by molar-refractivity contribution is 6.04. The van der Waals surface area contributed by atoms with Gasteiger partial charge in [0.05, 0.1) is 0 Å². The molecule has 3 N–H and O–H groups in total. The fraction of sp³-hybridized carbons (Fsp3) is 0.778. The number of ether oxygens (including phenoxy) is 2. The van der Waals surface area contributed by atoms with Crippen LogP contribution in [0.5, 0.6) is 0 Å². The molecule has 80 valence electrons. The molecule has 1 aliphatic rings. The number of carbonyl (C=O) groups excluding carboxylic acids is 2. The molecule has 0 radical (unpaired) electrons. The fourth-order valence-electron chi connectivity index (χ4n) is 1.20. The summed E-state index contributed by atoms with van der Waals surface area (Å²) in [4.78, 5) is 23.2. The zero-order valence-corrected chi connectivity index (χ0v) is 8.92. The zero-order chi connectivity index (χ0) is 11.1. The number of rotatable bonds is 1. The summed E-state index contributed by atoms with van der Waals surface area (Å²) in [5, 5.41) is 0. The maximum absolute atomic E-state index is 11.6. The molecular formula is C9H16NO4+. The molecule has 1 rings (SSSR count). The Bertz CT molecular complexity index is 263. The highest BCUT2D eigenvalue weighted by Crippen LogP contribution is 2.27. The molecule has 5 nitrogen and oxygen atoms in total. The molecule has 1 aliphatic heterocycles. The van der Waals surface area contributed by atoms with Gasteiger partial charge in [-0.2, -0.15) is 0 Å². The summed E-state index contributed by atoms with van der Waals surface area (Å²) in [5.41, 5.74) is 2.19. The van der Waals surface area contributed by atoms with E-state index in [1.807, 2.05) is 0 Å². The van der Waals surface area contributed by atoms with Gasteiger partial charge in [-0.1, -0.05) is 13.8 Å². The van der Waals surface area contributed by atoms with E-state index < -0.39 is 23.3 Å². The topological polar surface area (TPSA) is 80.2 Å². The SMILES string of the molecule is CC(C)C1([NH3+])C(=O)OC(C)(C)OC1=O. The Morgan fingerprint density at radius 3 is 1.79 bits per heavy atom. The van der Waals surface area contributed by atoms with Crippen molar-refractivity contribution < 1.29 is 24.8 Å². The number of esters is 2. The second-order valence-electron chi connectivity index (χ2n) is 4.30.